The number of aldehydes is 1. The van der Waals surface area contributed by atoms with Gasteiger partial charge in [-0.05, 0) is 31.1 Å². The summed E-state index contributed by atoms with van der Waals surface area (Å²) >= 11 is 0. The van der Waals surface area contributed by atoms with Crippen molar-refractivity contribution in [2.24, 2.45) is 5.73 Å². The molecular weight excluding hydrogens is 254 g/mol. The average molecular weight is 267 g/mol. The molecule has 0 atom stereocenters. The Labute approximate surface area is 115 Å². The molecule has 0 unspecified atom stereocenters. The van der Waals surface area contributed by atoms with E-state index in [0.29, 0.717) is 17.6 Å². The summed E-state index contributed by atoms with van der Waals surface area (Å²) < 4.78 is 1.97. The van der Waals surface area contributed by atoms with Crippen LogP contribution in [0.25, 0.3) is 16.7 Å². The van der Waals surface area contributed by atoms with Gasteiger partial charge in [0.2, 0.25) is 5.91 Å². The molecule has 2 N–H and O–H groups in total. The third-order valence-electron chi connectivity index (χ3n) is 3.44. The van der Waals surface area contributed by atoms with Gasteiger partial charge < -0.3 is 10.3 Å². The number of fused-ring (bicyclic) bond motifs is 1. The van der Waals surface area contributed by atoms with Crippen molar-refractivity contribution in [1.82, 2.24) is 9.55 Å². The molecule has 0 fully saturated rings. The Bertz CT molecular complexity index is 769. The number of nitrogens with zero attached hydrogens (tertiary/aromatic N) is 2. The van der Waals surface area contributed by atoms with Crippen LogP contribution in [0.1, 0.15) is 23.2 Å². The Hall–Kier alpha value is -2.69. The molecule has 5 heteroatoms. The lowest BCUT2D eigenvalue weighted by molar-refractivity contribution is -0.114. The van der Waals surface area contributed by atoms with E-state index in [1.165, 1.54) is 0 Å². The van der Waals surface area contributed by atoms with Gasteiger partial charge in [-0.1, -0.05) is 6.08 Å². The highest BCUT2D eigenvalue weighted by Crippen LogP contribution is 2.26. The largest absolute Gasteiger partial charge is 0.366 e. The smallest absolute Gasteiger partial charge is 0.244 e. The van der Waals surface area contributed by atoms with Gasteiger partial charge in [0.25, 0.3) is 0 Å². The maximum absolute atomic E-state index is 11.1. The van der Waals surface area contributed by atoms with Crippen molar-refractivity contribution in [2.75, 3.05) is 0 Å². The van der Waals surface area contributed by atoms with Crippen LogP contribution in [0, 0.1) is 0 Å². The van der Waals surface area contributed by atoms with Crippen molar-refractivity contribution in [3.8, 4) is 0 Å². The topological polar surface area (TPSA) is 78.0 Å². The van der Waals surface area contributed by atoms with Gasteiger partial charge in [0.05, 0.1) is 0 Å². The first-order chi connectivity index (χ1) is 9.69. The molecule has 0 aromatic carbocycles. The maximum Gasteiger partial charge on any atom is 0.244 e. The number of allylic oxidation sites excluding steroid dienone is 3. The van der Waals surface area contributed by atoms with Crippen LogP contribution in [0.15, 0.2) is 42.3 Å². The number of carbonyl (C=O) groups is 2. The second-order valence-corrected chi connectivity index (χ2v) is 4.70. The Morgan fingerprint density at radius 2 is 2.20 bits per heavy atom. The third kappa shape index (κ3) is 2.03. The lowest BCUT2D eigenvalue weighted by atomic mass is 10.0. The van der Waals surface area contributed by atoms with Gasteiger partial charge in [0.15, 0.2) is 6.29 Å². The van der Waals surface area contributed by atoms with Gasteiger partial charge in [0, 0.05) is 34.6 Å². The molecule has 2 aromatic heterocycles. The van der Waals surface area contributed by atoms with Gasteiger partial charge in [-0.25, -0.2) is 4.98 Å². The molecule has 1 amide bonds. The average Bonchev–Trinajstić information content (AvgIpc) is 2.90. The van der Waals surface area contributed by atoms with Crippen LogP contribution in [0.4, 0.5) is 0 Å². The van der Waals surface area contributed by atoms with Crippen LogP contribution < -0.4 is 5.73 Å². The molecule has 2 heterocycles. The molecule has 0 bridgehead atoms. The summed E-state index contributed by atoms with van der Waals surface area (Å²) in [5, 5.41) is 0.917. The summed E-state index contributed by atoms with van der Waals surface area (Å²) in [6, 6.07) is 3.73. The Morgan fingerprint density at radius 3 is 2.85 bits per heavy atom. The number of hydrogen-bond donors (Lipinski definition) is 1. The zero-order valence-electron chi connectivity index (χ0n) is 10.7. The van der Waals surface area contributed by atoms with E-state index in [1.807, 2.05) is 22.9 Å². The Morgan fingerprint density at radius 1 is 1.35 bits per heavy atom. The molecule has 20 heavy (non-hydrogen) atoms. The highest BCUT2D eigenvalue weighted by atomic mass is 16.1. The van der Waals surface area contributed by atoms with Gasteiger partial charge in [-0.2, -0.15) is 0 Å². The summed E-state index contributed by atoms with van der Waals surface area (Å²) in [6.07, 6.45) is 9.26. The van der Waals surface area contributed by atoms with Crippen molar-refractivity contribution in [3.05, 3.63) is 47.8 Å². The summed E-state index contributed by atoms with van der Waals surface area (Å²) in [5.74, 6) is -0.369. The first-order valence-corrected chi connectivity index (χ1v) is 6.31. The van der Waals surface area contributed by atoms with E-state index in [-0.39, 0.29) is 5.91 Å². The first-order valence-electron chi connectivity index (χ1n) is 6.31. The van der Waals surface area contributed by atoms with Crippen LogP contribution >= 0.6 is 0 Å². The molecule has 0 spiro atoms. The molecule has 0 saturated heterocycles. The predicted octanol–water partition coefficient (Wildman–Crippen LogP) is 1.90. The van der Waals surface area contributed by atoms with E-state index in [9.17, 15) is 9.59 Å². The fraction of sp³-hybridized carbons (Fsp3) is 0.133. The van der Waals surface area contributed by atoms with Gasteiger partial charge in [0.1, 0.15) is 5.65 Å². The third-order valence-corrected chi connectivity index (χ3v) is 3.44. The SMILES string of the molecule is NC(=O)C1=CC=C(n2ccc3cc(C=O)cnc32)CC1. The quantitative estimate of drug-likeness (QED) is 0.863. The molecule has 0 radical (unpaired) electrons. The van der Waals surface area contributed by atoms with E-state index in [0.717, 1.165) is 29.4 Å². The van der Waals surface area contributed by atoms with E-state index in [1.54, 1.807) is 18.3 Å². The van der Waals surface area contributed by atoms with Gasteiger partial charge in [-0.3, -0.25) is 9.59 Å². The van der Waals surface area contributed by atoms with Crippen LogP contribution in [0.3, 0.4) is 0 Å². The minimum absolute atomic E-state index is 0.369. The van der Waals surface area contributed by atoms with Crippen molar-refractivity contribution >= 4 is 28.9 Å². The second kappa shape index (κ2) is 4.77. The monoisotopic (exact) mass is 267 g/mol. The van der Waals surface area contributed by atoms with Crippen LogP contribution in [-0.4, -0.2) is 21.7 Å². The highest BCUT2D eigenvalue weighted by molar-refractivity contribution is 5.93. The fourth-order valence-corrected chi connectivity index (χ4v) is 2.37. The lowest BCUT2D eigenvalue weighted by Crippen LogP contribution is -2.15. The number of pyridine rings is 1. The molecule has 0 saturated carbocycles. The van der Waals surface area contributed by atoms with Crippen molar-refractivity contribution in [1.29, 1.82) is 0 Å². The molecule has 1 aliphatic carbocycles. The summed E-state index contributed by atoms with van der Waals surface area (Å²) in [6.45, 7) is 0. The number of primary amides is 1. The van der Waals surface area contributed by atoms with Gasteiger partial charge in [-0.15, -0.1) is 0 Å². The number of amides is 1. The van der Waals surface area contributed by atoms with Crippen molar-refractivity contribution in [2.45, 2.75) is 12.8 Å². The minimum Gasteiger partial charge on any atom is -0.366 e. The van der Waals surface area contributed by atoms with E-state index in [2.05, 4.69) is 4.98 Å². The standard InChI is InChI=1S/C15H13N3O2/c16-14(20)11-1-3-13(4-2-11)18-6-5-12-7-10(9-19)8-17-15(12)18/h1,3,5-9H,2,4H2,(H2,16,20). The molecule has 3 rings (SSSR count). The number of hydrogen-bond acceptors (Lipinski definition) is 3. The maximum atomic E-state index is 11.1. The predicted molar refractivity (Wildman–Crippen MR) is 75.9 cm³/mol. The number of rotatable bonds is 3. The fourth-order valence-electron chi connectivity index (χ4n) is 2.37. The zero-order chi connectivity index (χ0) is 14.1. The number of nitrogens with two attached hydrogens (primary N) is 1. The normalized spacial score (nSPS) is 14.8. The van der Waals surface area contributed by atoms with E-state index < -0.39 is 0 Å². The van der Waals surface area contributed by atoms with Gasteiger partial charge >= 0.3 is 0 Å². The summed E-state index contributed by atoms with van der Waals surface area (Å²) in [5.41, 5.74) is 8.32. The Balaban J connectivity index is 2.03. The summed E-state index contributed by atoms with van der Waals surface area (Å²) in [4.78, 5) is 26.2. The van der Waals surface area contributed by atoms with Crippen LogP contribution in [-0.2, 0) is 4.79 Å². The lowest BCUT2D eigenvalue weighted by Gasteiger charge is -2.14. The van der Waals surface area contributed by atoms with Crippen molar-refractivity contribution < 1.29 is 9.59 Å². The number of aromatic nitrogens is 2. The first kappa shape index (κ1) is 12.3. The highest BCUT2D eigenvalue weighted by Gasteiger charge is 2.13. The zero-order valence-corrected chi connectivity index (χ0v) is 10.7. The minimum atomic E-state index is -0.369. The van der Waals surface area contributed by atoms with Crippen LogP contribution in [0.5, 0.6) is 0 Å². The molecule has 5 nitrogen and oxygen atoms in total. The molecular formula is C15H13N3O2. The van der Waals surface area contributed by atoms with Crippen molar-refractivity contribution in [3.63, 3.8) is 0 Å². The Kier molecular flexibility index (Phi) is 2.95. The number of carbonyl (C=O) groups excluding carboxylic acids is 2. The molecule has 100 valence electrons. The molecule has 0 aliphatic heterocycles. The molecule has 2 aromatic rings. The van der Waals surface area contributed by atoms with Crippen LogP contribution in [0.2, 0.25) is 0 Å². The van der Waals surface area contributed by atoms with E-state index in [4.69, 9.17) is 5.73 Å². The van der Waals surface area contributed by atoms with E-state index >= 15 is 0 Å². The summed E-state index contributed by atoms with van der Waals surface area (Å²) in [7, 11) is 0. The molecule has 1 aliphatic rings. The second-order valence-electron chi connectivity index (χ2n) is 4.70.